The van der Waals surface area contributed by atoms with Gasteiger partial charge in [-0.05, 0) is 12.8 Å². The van der Waals surface area contributed by atoms with Crippen molar-refractivity contribution >= 4 is 0 Å². The van der Waals surface area contributed by atoms with Crippen LogP contribution >= 0.6 is 0 Å². The van der Waals surface area contributed by atoms with Crippen LogP contribution in [-0.2, 0) is 0 Å². The van der Waals surface area contributed by atoms with Crippen LogP contribution in [0.25, 0.3) is 0 Å². The van der Waals surface area contributed by atoms with Gasteiger partial charge in [0.25, 0.3) is 0 Å². The highest BCUT2D eigenvalue weighted by Crippen LogP contribution is 1.90. The summed E-state index contributed by atoms with van der Waals surface area (Å²) in [7, 11) is 0. The topological polar surface area (TPSA) is 48.1 Å². The fourth-order valence-corrected chi connectivity index (χ4v) is 0.883. The lowest BCUT2D eigenvalue weighted by molar-refractivity contribution is 0.184. The molecule has 10 heavy (non-hydrogen) atoms. The van der Waals surface area contributed by atoms with Crippen LogP contribution in [-0.4, -0.2) is 12.3 Å². The van der Waals surface area contributed by atoms with Crippen molar-refractivity contribution in [1.82, 2.24) is 21.7 Å². The van der Waals surface area contributed by atoms with Crippen LogP contribution in [0.3, 0.4) is 0 Å². The SMILES string of the molecule is CCC1NNC(CC)NN1. The molecule has 0 aromatic heterocycles. The summed E-state index contributed by atoms with van der Waals surface area (Å²) in [5.74, 6) is 0. The van der Waals surface area contributed by atoms with Crippen LogP contribution in [0, 0.1) is 0 Å². The summed E-state index contributed by atoms with van der Waals surface area (Å²) < 4.78 is 0. The van der Waals surface area contributed by atoms with Gasteiger partial charge < -0.3 is 0 Å². The normalized spacial score (nSPS) is 34.2. The molecule has 1 aliphatic rings. The number of hydrogen-bond donors (Lipinski definition) is 4. The van der Waals surface area contributed by atoms with Crippen LogP contribution in [0.2, 0.25) is 0 Å². The molecule has 0 atom stereocenters. The van der Waals surface area contributed by atoms with Gasteiger partial charge in [-0.3, -0.25) is 0 Å². The van der Waals surface area contributed by atoms with Crippen LogP contribution in [0.4, 0.5) is 0 Å². The molecule has 1 aliphatic heterocycles. The van der Waals surface area contributed by atoms with Gasteiger partial charge in [0.1, 0.15) is 0 Å². The predicted octanol–water partition coefficient (Wildman–Crippen LogP) is -0.339. The van der Waals surface area contributed by atoms with E-state index in [1.54, 1.807) is 0 Å². The fraction of sp³-hybridized carbons (Fsp3) is 1.00. The second kappa shape index (κ2) is 3.88. The van der Waals surface area contributed by atoms with Crippen molar-refractivity contribution in [3.05, 3.63) is 0 Å². The molecular formula is C6H16N4. The molecule has 0 saturated carbocycles. The molecule has 60 valence electrons. The molecule has 1 saturated heterocycles. The molecule has 4 N–H and O–H groups in total. The second-order valence-electron chi connectivity index (χ2n) is 2.50. The largest absolute Gasteiger partial charge is 0.238 e. The first-order valence-corrected chi connectivity index (χ1v) is 3.89. The Morgan fingerprint density at radius 2 is 1.10 bits per heavy atom. The van der Waals surface area contributed by atoms with Gasteiger partial charge in [-0.15, -0.1) is 0 Å². The third-order valence-electron chi connectivity index (χ3n) is 1.68. The Morgan fingerprint density at radius 1 is 0.800 bits per heavy atom. The molecule has 0 amide bonds. The third-order valence-corrected chi connectivity index (χ3v) is 1.68. The number of rotatable bonds is 2. The molecule has 0 aromatic rings. The first-order valence-electron chi connectivity index (χ1n) is 3.89. The quantitative estimate of drug-likeness (QED) is 0.428. The highest BCUT2D eigenvalue weighted by Gasteiger charge is 2.14. The minimum absolute atomic E-state index is 0.350. The summed E-state index contributed by atoms with van der Waals surface area (Å²) in [4.78, 5) is 0. The minimum atomic E-state index is 0.350. The average Bonchev–Trinajstić information content (AvgIpc) is 2.05. The highest BCUT2D eigenvalue weighted by atomic mass is 15.6. The van der Waals surface area contributed by atoms with E-state index in [9.17, 15) is 0 Å². The molecule has 4 nitrogen and oxygen atoms in total. The standard InChI is InChI=1S/C6H16N4/c1-3-5-7-9-6(4-2)10-8-5/h5-10H,3-4H2,1-2H3. The zero-order chi connectivity index (χ0) is 7.40. The lowest BCUT2D eigenvalue weighted by Gasteiger charge is -2.31. The predicted molar refractivity (Wildman–Crippen MR) is 40.7 cm³/mol. The summed E-state index contributed by atoms with van der Waals surface area (Å²) in [5, 5.41) is 0. The monoisotopic (exact) mass is 144 g/mol. The molecule has 1 heterocycles. The van der Waals surface area contributed by atoms with Gasteiger partial charge in [0.2, 0.25) is 0 Å². The summed E-state index contributed by atoms with van der Waals surface area (Å²) in [5.41, 5.74) is 12.6. The van der Waals surface area contributed by atoms with Crippen molar-refractivity contribution < 1.29 is 0 Å². The first kappa shape index (κ1) is 7.94. The van der Waals surface area contributed by atoms with E-state index < -0.39 is 0 Å². The molecule has 0 bridgehead atoms. The van der Waals surface area contributed by atoms with E-state index >= 15 is 0 Å². The second-order valence-corrected chi connectivity index (χ2v) is 2.50. The Balaban J connectivity index is 2.17. The number of hydrazine groups is 2. The van der Waals surface area contributed by atoms with Crippen molar-refractivity contribution in [2.75, 3.05) is 0 Å². The van der Waals surface area contributed by atoms with E-state index in [1.807, 2.05) is 0 Å². The van der Waals surface area contributed by atoms with E-state index in [1.165, 1.54) is 0 Å². The van der Waals surface area contributed by atoms with Gasteiger partial charge in [0.05, 0.1) is 12.3 Å². The van der Waals surface area contributed by atoms with Gasteiger partial charge >= 0.3 is 0 Å². The molecule has 0 spiro atoms. The lowest BCUT2D eigenvalue weighted by atomic mass is 10.3. The van der Waals surface area contributed by atoms with Crippen molar-refractivity contribution in [2.45, 2.75) is 39.0 Å². The number of nitrogens with one attached hydrogen (secondary N) is 4. The van der Waals surface area contributed by atoms with Crippen LogP contribution < -0.4 is 21.7 Å². The van der Waals surface area contributed by atoms with Gasteiger partial charge in [-0.1, -0.05) is 13.8 Å². The molecule has 0 radical (unpaired) electrons. The molecule has 0 aromatic carbocycles. The Labute approximate surface area is 61.7 Å². The van der Waals surface area contributed by atoms with Gasteiger partial charge in [0, 0.05) is 0 Å². The maximum absolute atomic E-state index is 3.15. The Morgan fingerprint density at radius 3 is 1.30 bits per heavy atom. The lowest BCUT2D eigenvalue weighted by Crippen LogP contribution is -2.68. The summed E-state index contributed by atoms with van der Waals surface area (Å²) in [6.45, 7) is 4.25. The molecule has 0 aliphatic carbocycles. The van der Waals surface area contributed by atoms with Crippen molar-refractivity contribution in [3.8, 4) is 0 Å². The Kier molecular flexibility index (Phi) is 3.08. The maximum atomic E-state index is 3.15. The summed E-state index contributed by atoms with van der Waals surface area (Å²) >= 11 is 0. The van der Waals surface area contributed by atoms with Gasteiger partial charge in [0.15, 0.2) is 0 Å². The Bertz CT molecular complexity index is 75.7. The molecule has 1 rings (SSSR count). The van der Waals surface area contributed by atoms with Crippen molar-refractivity contribution in [3.63, 3.8) is 0 Å². The van der Waals surface area contributed by atoms with E-state index in [-0.39, 0.29) is 0 Å². The van der Waals surface area contributed by atoms with E-state index in [0.717, 1.165) is 12.8 Å². The van der Waals surface area contributed by atoms with Crippen LogP contribution in [0.5, 0.6) is 0 Å². The Hall–Kier alpha value is -0.160. The zero-order valence-corrected chi connectivity index (χ0v) is 6.57. The van der Waals surface area contributed by atoms with Crippen molar-refractivity contribution in [2.24, 2.45) is 0 Å². The van der Waals surface area contributed by atoms with Crippen LogP contribution in [0.1, 0.15) is 26.7 Å². The van der Waals surface area contributed by atoms with E-state index in [0.29, 0.717) is 12.3 Å². The summed E-state index contributed by atoms with van der Waals surface area (Å²) in [6, 6.07) is 0. The smallest absolute Gasteiger partial charge is 0.0830 e. The third kappa shape index (κ3) is 1.91. The fourth-order valence-electron chi connectivity index (χ4n) is 0.883. The average molecular weight is 144 g/mol. The number of hydrogen-bond acceptors (Lipinski definition) is 4. The van der Waals surface area contributed by atoms with Crippen molar-refractivity contribution in [1.29, 1.82) is 0 Å². The highest BCUT2D eigenvalue weighted by molar-refractivity contribution is 4.67. The van der Waals surface area contributed by atoms with E-state index in [2.05, 4.69) is 35.6 Å². The minimum Gasteiger partial charge on any atom is -0.238 e. The molecule has 4 heteroatoms. The van der Waals surface area contributed by atoms with Gasteiger partial charge in [-0.2, -0.15) is 0 Å². The molecule has 0 unspecified atom stereocenters. The van der Waals surface area contributed by atoms with Gasteiger partial charge in [-0.25, -0.2) is 21.7 Å². The molecule has 1 fully saturated rings. The summed E-state index contributed by atoms with van der Waals surface area (Å²) in [6.07, 6.45) is 2.83. The van der Waals surface area contributed by atoms with Crippen LogP contribution in [0.15, 0.2) is 0 Å². The first-order chi connectivity index (χ1) is 4.86. The zero-order valence-electron chi connectivity index (χ0n) is 6.57. The molecular weight excluding hydrogens is 128 g/mol. The van der Waals surface area contributed by atoms with E-state index in [4.69, 9.17) is 0 Å². The maximum Gasteiger partial charge on any atom is 0.0830 e.